The first-order valence-electron chi connectivity index (χ1n) is 8.04. The number of rotatable bonds is 4. The lowest BCUT2D eigenvalue weighted by molar-refractivity contribution is -0.113. The molecule has 1 rings (SSSR count). The minimum absolute atomic E-state index is 0.0335. The van der Waals surface area contributed by atoms with Crippen molar-refractivity contribution in [2.75, 3.05) is 0 Å². The summed E-state index contributed by atoms with van der Waals surface area (Å²) < 4.78 is 0. The third-order valence-electron chi connectivity index (χ3n) is 5.97. The molecule has 0 aromatic carbocycles. The molecule has 0 bridgehead atoms. The minimum Gasteiger partial charge on any atom is -0.290 e. The fourth-order valence-corrected chi connectivity index (χ4v) is 4.16. The predicted molar refractivity (Wildman–Crippen MR) is 87.6 cm³/mol. The van der Waals surface area contributed by atoms with E-state index < -0.39 is 0 Å². The molecule has 20 heavy (non-hydrogen) atoms. The van der Waals surface area contributed by atoms with Crippen molar-refractivity contribution in [2.24, 2.45) is 22.7 Å². The van der Waals surface area contributed by atoms with Gasteiger partial charge in [0.2, 0.25) is 0 Å². The maximum Gasteiger partial charge on any atom is 0.182 e. The van der Waals surface area contributed by atoms with Crippen LogP contribution in [0.4, 0.5) is 0 Å². The first kappa shape index (κ1) is 17.2. The zero-order valence-corrected chi connectivity index (χ0v) is 14.6. The quantitative estimate of drug-likeness (QED) is 0.614. The number of carbonyl (C=O) groups is 1. The monoisotopic (exact) mass is 276 g/mol. The Balaban J connectivity index is 3.57. The molecular formula is C19H32O. The average Bonchev–Trinajstić information content (AvgIpc) is 2.33. The number of hydrogen-bond donors (Lipinski definition) is 0. The molecule has 0 spiro atoms. The van der Waals surface area contributed by atoms with E-state index in [1.54, 1.807) is 6.08 Å². The summed E-state index contributed by atoms with van der Waals surface area (Å²) >= 11 is 0. The lowest BCUT2D eigenvalue weighted by Gasteiger charge is -2.51. The maximum atomic E-state index is 12.7. The number of ketones is 1. The van der Waals surface area contributed by atoms with E-state index in [4.69, 9.17) is 0 Å². The Morgan fingerprint density at radius 1 is 1.40 bits per heavy atom. The molecule has 0 aromatic heterocycles. The van der Waals surface area contributed by atoms with Crippen LogP contribution in [0, 0.1) is 22.7 Å². The lowest BCUT2D eigenvalue weighted by Crippen LogP contribution is -2.43. The standard InChI is InChI=1S/C19H32O/c1-9-11-16(20)17-15(6)19(10-2,13(3)4)12-14(5)18(17,7)8/h9,11,13-14H,10,12H2,1-8H3/b11-9+. The van der Waals surface area contributed by atoms with Gasteiger partial charge in [0.25, 0.3) is 0 Å². The third-order valence-corrected chi connectivity index (χ3v) is 5.97. The van der Waals surface area contributed by atoms with Crippen LogP contribution in [0.15, 0.2) is 23.3 Å². The number of allylic oxidation sites excluding steroid dienone is 4. The molecule has 2 atom stereocenters. The molecule has 0 saturated heterocycles. The minimum atomic E-state index is -0.0335. The van der Waals surface area contributed by atoms with Crippen molar-refractivity contribution in [3.05, 3.63) is 23.3 Å². The van der Waals surface area contributed by atoms with E-state index in [9.17, 15) is 4.79 Å². The Morgan fingerprint density at radius 2 is 1.95 bits per heavy atom. The Kier molecular flexibility index (Phi) is 5.05. The molecular weight excluding hydrogens is 244 g/mol. The third kappa shape index (κ3) is 2.52. The highest BCUT2D eigenvalue weighted by atomic mass is 16.1. The zero-order chi connectivity index (χ0) is 15.7. The second-order valence-electron chi connectivity index (χ2n) is 7.36. The van der Waals surface area contributed by atoms with E-state index in [0.717, 1.165) is 12.0 Å². The summed E-state index contributed by atoms with van der Waals surface area (Å²) in [4.78, 5) is 12.7. The number of carbonyl (C=O) groups excluding carboxylic acids is 1. The normalized spacial score (nSPS) is 30.4. The van der Waals surface area contributed by atoms with Crippen LogP contribution in [0.3, 0.4) is 0 Å². The van der Waals surface area contributed by atoms with Crippen LogP contribution in [0.5, 0.6) is 0 Å². The van der Waals surface area contributed by atoms with Crippen molar-refractivity contribution in [2.45, 2.75) is 68.2 Å². The van der Waals surface area contributed by atoms with Gasteiger partial charge in [-0.25, -0.2) is 0 Å². The second kappa shape index (κ2) is 5.87. The van der Waals surface area contributed by atoms with Gasteiger partial charge in [-0.1, -0.05) is 53.2 Å². The van der Waals surface area contributed by atoms with Crippen LogP contribution in [0.2, 0.25) is 0 Å². The summed E-state index contributed by atoms with van der Waals surface area (Å²) in [7, 11) is 0. The van der Waals surface area contributed by atoms with Crippen LogP contribution in [0.1, 0.15) is 68.2 Å². The molecule has 2 unspecified atom stereocenters. The Bertz CT molecular complexity index is 437. The SMILES string of the molecule is C/C=C/C(=O)C1=C(C)C(CC)(C(C)C)CC(C)C1(C)C. The fraction of sp³-hybridized carbons (Fsp3) is 0.737. The highest BCUT2D eigenvalue weighted by Crippen LogP contribution is 2.56. The van der Waals surface area contributed by atoms with Crippen molar-refractivity contribution in [3.63, 3.8) is 0 Å². The van der Waals surface area contributed by atoms with E-state index in [-0.39, 0.29) is 16.6 Å². The van der Waals surface area contributed by atoms with Crippen molar-refractivity contribution < 1.29 is 4.79 Å². The lowest BCUT2D eigenvalue weighted by atomic mass is 9.53. The summed E-state index contributed by atoms with van der Waals surface area (Å²) in [6.07, 6.45) is 5.90. The molecule has 1 heteroatoms. The maximum absolute atomic E-state index is 12.7. The predicted octanol–water partition coefficient (Wildman–Crippen LogP) is 5.57. The van der Waals surface area contributed by atoms with E-state index in [2.05, 4.69) is 48.5 Å². The van der Waals surface area contributed by atoms with Crippen LogP contribution >= 0.6 is 0 Å². The highest BCUT2D eigenvalue weighted by molar-refractivity contribution is 6.05. The molecule has 0 amide bonds. The Hall–Kier alpha value is -0.850. The van der Waals surface area contributed by atoms with Crippen LogP contribution in [-0.4, -0.2) is 5.78 Å². The van der Waals surface area contributed by atoms with Gasteiger partial charge >= 0.3 is 0 Å². The molecule has 0 saturated carbocycles. The molecule has 0 heterocycles. The molecule has 0 N–H and O–H groups in total. The molecule has 114 valence electrons. The average molecular weight is 276 g/mol. The summed E-state index contributed by atoms with van der Waals surface area (Å²) in [6.45, 7) is 17.8. The van der Waals surface area contributed by atoms with E-state index >= 15 is 0 Å². The van der Waals surface area contributed by atoms with Crippen LogP contribution < -0.4 is 0 Å². The fourth-order valence-electron chi connectivity index (χ4n) is 4.16. The summed E-state index contributed by atoms with van der Waals surface area (Å²) in [5.74, 6) is 1.30. The first-order valence-corrected chi connectivity index (χ1v) is 8.04. The van der Waals surface area contributed by atoms with Crippen LogP contribution in [-0.2, 0) is 4.79 Å². The Labute approximate surface area is 125 Å². The smallest absolute Gasteiger partial charge is 0.182 e. The molecule has 0 aliphatic heterocycles. The summed E-state index contributed by atoms with van der Waals surface area (Å²) in [5, 5.41) is 0. The molecule has 1 aliphatic rings. The van der Waals surface area contributed by atoms with Crippen molar-refractivity contribution in [1.29, 1.82) is 0 Å². The summed E-state index contributed by atoms with van der Waals surface area (Å²) in [5.41, 5.74) is 2.54. The van der Waals surface area contributed by atoms with E-state index in [1.165, 1.54) is 12.0 Å². The van der Waals surface area contributed by atoms with Gasteiger partial charge in [0.05, 0.1) is 0 Å². The van der Waals surface area contributed by atoms with Gasteiger partial charge in [-0.15, -0.1) is 0 Å². The highest BCUT2D eigenvalue weighted by Gasteiger charge is 2.48. The van der Waals surface area contributed by atoms with E-state index in [1.807, 2.05) is 13.0 Å². The van der Waals surface area contributed by atoms with Gasteiger partial charge in [-0.05, 0) is 55.4 Å². The number of hydrogen-bond acceptors (Lipinski definition) is 1. The zero-order valence-electron chi connectivity index (χ0n) is 14.6. The van der Waals surface area contributed by atoms with Gasteiger partial charge in [0.1, 0.15) is 0 Å². The molecule has 0 aromatic rings. The molecule has 0 fully saturated rings. The largest absolute Gasteiger partial charge is 0.290 e. The first-order chi connectivity index (χ1) is 9.15. The second-order valence-corrected chi connectivity index (χ2v) is 7.36. The molecule has 1 nitrogen and oxygen atoms in total. The van der Waals surface area contributed by atoms with Gasteiger partial charge in [-0.3, -0.25) is 4.79 Å². The van der Waals surface area contributed by atoms with Crippen molar-refractivity contribution in [1.82, 2.24) is 0 Å². The van der Waals surface area contributed by atoms with E-state index in [0.29, 0.717) is 11.8 Å². The van der Waals surface area contributed by atoms with Gasteiger partial charge in [-0.2, -0.15) is 0 Å². The molecule has 1 aliphatic carbocycles. The van der Waals surface area contributed by atoms with Gasteiger partial charge < -0.3 is 0 Å². The van der Waals surface area contributed by atoms with Gasteiger partial charge in [0, 0.05) is 5.57 Å². The van der Waals surface area contributed by atoms with Crippen molar-refractivity contribution >= 4 is 5.78 Å². The van der Waals surface area contributed by atoms with Crippen LogP contribution in [0.25, 0.3) is 0 Å². The molecule has 0 radical (unpaired) electrons. The van der Waals surface area contributed by atoms with Crippen molar-refractivity contribution in [3.8, 4) is 0 Å². The summed E-state index contributed by atoms with van der Waals surface area (Å²) in [6, 6.07) is 0. The topological polar surface area (TPSA) is 17.1 Å². The van der Waals surface area contributed by atoms with Gasteiger partial charge in [0.15, 0.2) is 5.78 Å². The Morgan fingerprint density at radius 3 is 2.35 bits per heavy atom.